The van der Waals surface area contributed by atoms with E-state index in [1.165, 1.54) is 15.9 Å². The van der Waals surface area contributed by atoms with E-state index in [2.05, 4.69) is 4.98 Å². The molecule has 1 aromatic carbocycles. The molecule has 7 heteroatoms. The summed E-state index contributed by atoms with van der Waals surface area (Å²) in [4.78, 5) is 30.2. The topological polar surface area (TPSA) is 70.4 Å². The van der Waals surface area contributed by atoms with Crippen LogP contribution in [0.15, 0.2) is 34.4 Å². The van der Waals surface area contributed by atoms with Crippen molar-refractivity contribution < 1.29 is 14.3 Å². The summed E-state index contributed by atoms with van der Waals surface area (Å²) >= 11 is 1.42. The third kappa shape index (κ3) is 3.48. The van der Waals surface area contributed by atoms with Crippen LogP contribution in [0.25, 0.3) is 21.3 Å². The van der Waals surface area contributed by atoms with Crippen molar-refractivity contribution in [2.24, 2.45) is 0 Å². The number of rotatable bonds is 6. The fourth-order valence-electron chi connectivity index (χ4n) is 2.69. The van der Waals surface area contributed by atoms with E-state index >= 15 is 0 Å². The molecule has 0 bridgehead atoms. The lowest BCUT2D eigenvalue weighted by Crippen LogP contribution is -2.28. The zero-order chi connectivity index (χ0) is 18.7. The summed E-state index contributed by atoms with van der Waals surface area (Å²) in [6, 6.07) is 7.50. The van der Waals surface area contributed by atoms with Crippen molar-refractivity contribution in [1.29, 1.82) is 0 Å². The molecule has 0 radical (unpaired) electrons. The highest BCUT2D eigenvalue weighted by atomic mass is 32.1. The van der Waals surface area contributed by atoms with Crippen LogP contribution in [0, 0.1) is 6.92 Å². The Morgan fingerprint density at radius 2 is 2.00 bits per heavy atom. The molecular weight excluding hydrogens is 352 g/mol. The molecule has 0 fully saturated rings. The van der Waals surface area contributed by atoms with Gasteiger partial charge >= 0.3 is 5.97 Å². The molecule has 6 nitrogen and oxygen atoms in total. The number of methoxy groups -OCH3 is 1. The van der Waals surface area contributed by atoms with Crippen LogP contribution in [0.5, 0.6) is 5.75 Å². The van der Waals surface area contributed by atoms with Gasteiger partial charge in [0.05, 0.1) is 19.1 Å². The Labute approximate surface area is 155 Å². The zero-order valence-electron chi connectivity index (χ0n) is 14.9. The predicted molar refractivity (Wildman–Crippen MR) is 102 cm³/mol. The normalized spacial score (nSPS) is 10.9. The minimum atomic E-state index is -0.431. The number of carbonyl (C=O) groups is 1. The van der Waals surface area contributed by atoms with Crippen molar-refractivity contribution in [3.05, 3.63) is 45.8 Å². The molecule has 3 aromatic rings. The van der Waals surface area contributed by atoms with Crippen LogP contribution >= 0.6 is 11.3 Å². The molecule has 0 unspecified atom stereocenters. The van der Waals surface area contributed by atoms with Gasteiger partial charge in [-0.1, -0.05) is 19.1 Å². The molecule has 136 valence electrons. The quantitative estimate of drug-likeness (QED) is 0.620. The van der Waals surface area contributed by atoms with Gasteiger partial charge in [-0.25, -0.2) is 4.98 Å². The molecule has 0 saturated carbocycles. The standard InChI is InChI=1S/C19H20N2O4S/c1-4-9-25-16(22)10-21-12(2)20-18-17(19(21)23)15(11-26-18)13-5-7-14(24-3)8-6-13/h5-8,11H,4,9-10H2,1-3H3. The number of hydrogen-bond acceptors (Lipinski definition) is 6. The van der Waals surface area contributed by atoms with E-state index in [9.17, 15) is 9.59 Å². The van der Waals surface area contributed by atoms with E-state index in [-0.39, 0.29) is 12.1 Å². The second-order valence-electron chi connectivity index (χ2n) is 5.83. The van der Waals surface area contributed by atoms with Gasteiger partial charge in [-0.2, -0.15) is 0 Å². The zero-order valence-corrected chi connectivity index (χ0v) is 15.8. The van der Waals surface area contributed by atoms with Crippen molar-refractivity contribution >= 4 is 27.5 Å². The summed E-state index contributed by atoms with van der Waals surface area (Å²) in [6.07, 6.45) is 0.739. The number of aromatic nitrogens is 2. The number of esters is 1. The van der Waals surface area contributed by atoms with Crippen LogP contribution in [0.4, 0.5) is 0 Å². The summed E-state index contributed by atoms with van der Waals surface area (Å²) in [5.41, 5.74) is 1.48. The summed E-state index contributed by atoms with van der Waals surface area (Å²) in [7, 11) is 1.61. The van der Waals surface area contributed by atoms with E-state index < -0.39 is 5.97 Å². The lowest BCUT2D eigenvalue weighted by Gasteiger charge is -2.10. The fraction of sp³-hybridized carbons (Fsp3) is 0.316. The molecule has 0 atom stereocenters. The number of thiophene rings is 1. The van der Waals surface area contributed by atoms with E-state index in [0.717, 1.165) is 23.3 Å². The highest BCUT2D eigenvalue weighted by Crippen LogP contribution is 2.31. The molecule has 0 N–H and O–H groups in total. The maximum Gasteiger partial charge on any atom is 0.326 e. The third-order valence-electron chi connectivity index (χ3n) is 4.04. The van der Waals surface area contributed by atoms with Gasteiger partial charge < -0.3 is 9.47 Å². The van der Waals surface area contributed by atoms with Crippen LogP contribution in [0.3, 0.4) is 0 Å². The van der Waals surface area contributed by atoms with Crippen molar-refractivity contribution in [3.63, 3.8) is 0 Å². The van der Waals surface area contributed by atoms with Crippen LogP contribution in [-0.2, 0) is 16.1 Å². The van der Waals surface area contributed by atoms with E-state index in [0.29, 0.717) is 22.6 Å². The molecule has 0 aliphatic rings. The van der Waals surface area contributed by atoms with Gasteiger partial charge in [0.15, 0.2) is 0 Å². The molecule has 0 amide bonds. The molecule has 26 heavy (non-hydrogen) atoms. The number of aryl methyl sites for hydroxylation is 1. The first-order chi connectivity index (χ1) is 12.5. The Morgan fingerprint density at radius 3 is 2.65 bits per heavy atom. The lowest BCUT2D eigenvalue weighted by molar-refractivity contribution is -0.144. The maximum absolute atomic E-state index is 13.0. The Kier molecular flexibility index (Phi) is 5.37. The minimum absolute atomic E-state index is 0.133. The average molecular weight is 372 g/mol. The van der Waals surface area contributed by atoms with E-state index in [4.69, 9.17) is 9.47 Å². The lowest BCUT2D eigenvalue weighted by atomic mass is 10.1. The van der Waals surface area contributed by atoms with Crippen molar-refractivity contribution in [3.8, 4) is 16.9 Å². The molecular formula is C19H20N2O4S. The average Bonchev–Trinajstić information content (AvgIpc) is 3.07. The fourth-order valence-corrected chi connectivity index (χ4v) is 3.67. The predicted octanol–water partition coefficient (Wildman–Crippen LogP) is 3.40. The van der Waals surface area contributed by atoms with Gasteiger partial charge in [0.1, 0.15) is 22.9 Å². The Bertz CT molecular complexity index is 989. The number of carbonyl (C=O) groups excluding carboxylic acids is 1. The number of fused-ring (bicyclic) bond motifs is 1. The molecule has 0 aliphatic carbocycles. The summed E-state index contributed by atoms with van der Waals surface area (Å²) < 4.78 is 11.7. The second-order valence-corrected chi connectivity index (χ2v) is 6.69. The summed E-state index contributed by atoms with van der Waals surface area (Å²) in [5, 5.41) is 2.44. The third-order valence-corrected chi connectivity index (χ3v) is 4.91. The van der Waals surface area contributed by atoms with Crippen molar-refractivity contribution in [2.45, 2.75) is 26.8 Å². The molecule has 0 aliphatic heterocycles. The largest absolute Gasteiger partial charge is 0.497 e. The number of hydrogen-bond donors (Lipinski definition) is 0. The first-order valence-electron chi connectivity index (χ1n) is 8.33. The van der Waals surface area contributed by atoms with Crippen LogP contribution < -0.4 is 10.3 Å². The Morgan fingerprint density at radius 1 is 1.27 bits per heavy atom. The van der Waals surface area contributed by atoms with E-state index in [1.807, 2.05) is 36.6 Å². The van der Waals surface area contributed by atoms with Gasteiger partial charge in [0.25, 0.3) is 5.56 Å². The SMILES string of the molecule is CCCOC(=O)Cn1c(C)nc2scc(-c3ccc(OC)cc3)c2c1=O. The summed E-state index contributed by atoms with van der Waals surface area (Å²) in [5.74, 6) is 0.817. The first kappa shape index (κ1) is 18.1. The molecule has 3 rings (SSSR count). The second kappa shape index (κ2) is 7.70. The molecule has 0 spiro atoms. The van der Waals surface area contributed by atoms with Gasteiger partial charge in [0.2, 0.25) is 0 Å². The van der Waals surface area contributed by atoms with Crippen LogP contribution in [-0.4, -0.2) is 29.2 Å². The van der Waals surface area contributed by atoms with Gasteiger partial charge in [0, 0.05) is 10.9 Å². The van der Waals surface area contributed by atoms with Crippen LogP contribution in [0.2, 0.25) is 0 Å². The van der Waals surface area contributed by atoms with Gasteiger partial charge in [-0.15, -0.1) is 11.3 Å². The number of ether oxygens (including phenoxy) is 2. The number of nitrogens with zero attached hydrogens (tertiary/aromatic N) is 2. The van der Waals surface area contributed by atoms with E-state index in [1.54, 1.807) is 14.0 Å². The highest BCUT2D eigenvalue weighted by Gasteiger charge is 2.17. The van der Waals surface area contributed by atoms with Crippen molar-refractivity contribution in [2.75, 3.05) is 13.7 Å². The maximum atomic E-state index is 13.0. The summed E-state index contributed by atoms with van der Waals surface area (Å²) in [6.45, 7) is 3.86. The van der Waals surface area contributed by atoms with Gasteiger partial charge in [-0.05, 0) is 31.0 Å². The minimum Gasteiger partial charge on any atom is -0.497 e. The Hall–Kier alpha value is -2.67. The Balaban J connectivity index is 2.06. The molecule has 2 heterocycles. The van der Waals surface area contributed by atoms with Crippen LogP contribution in [0.1, 0.15) is 19.2 Å². The monoisotopic (exact) mass is 372 g/mol. The highest BCUT2D eigenvalue weighted by molar-refractivity contribution is 7.17. The molecule has 2 aromatic heterocycles. The van der Waals surface area contributed by atoms with Gasteiger partial charge in [-0.3, -0.25) is 14.2 Å². The van der Waals surface area contributed by atoms with Crippen molar-refractivity contribution in [1.82, 2.24) is 9.55 Å². The number of benzene rings is 1. The molecule has 0 saturated heterocycles. The first-order valence-corrected chi connectivity index (χ1v) is 9.21. The smallest absolute Gasteiger partial charge is 0.326 e.